The van der Waals surface area contributed by atoms with E-state index in [9.17, 15) is 9.59 Å². The van der Waals surface area contributed by atoms with Crippen LogP contribution >= 0.6 is 0 Å². The molecular formula is C21H29NO3. The molecule has 2 atom stereocenters. The molecule has 0 aromatic heterocycles. The fourth-order valence-electron chi connectivity index (χ4n) is 4.90. The van der Waals surface area contributed by atoms with E-state index in [4.69, 9.17) is 4.74 Å². The predicted molar refractivity (Wildman–Crippen MR) is 97.7 cm³/mol. The molecule has 1 aliphatic carbocycles. The lowest BCUT2D eigenvalue weighted by molar-refractivity contribution is -0.126. The fourth-order valence-corrected chi connectivity index (χ4v) is 4.90. The first-order valence-corrected chi connectivity index (χ1v) is 9.24. The second-order valence-electron chi connectivity index (χ2n) is 8.01. The van der Waals surface area contributed by atoms with E-state index >= 15 is 0 Å². The highest BCUT2D eigenvalue weighted by Crippen LogP contribution is 2.42. The van der Waals surface area contributed by atoms with Crippen LogP contribution in [0.15, 0.2) is 12.1 Å². The first kappa shape index (κ1) is 18.1. The molecule has 1 aromatic rings. The summed E-state index contributed by atoms with van der Waals surface area (Å²) in [7, 11) is 1.74. The Hall–Kier alpha value is -1.68. The van der Waals surface area contributed by atoms with Crippen molar-refractivity contribution in [2.45, 2.75) is 70.9 Å². The standard InChI is InChI=1S/C21H29NO3/c1-12-10-13(2)17(14(3)11-12)18-19(23)21(4,22-20(18)24)15-6-8-16(25-5)9-7-15/h10-11,15-16,18H,6-9H2,1-5H3,(H,22,24). The second-order valence-corrected chi connectivity index (χ2v) is 8.01. The van der Waals surface area contributed by atoms with Crippen molar-refractivity contribution in [3.8, 4) is 0 Å². The van der Waals surface area contributed by atoms with Crippen molar-refractivity contribution in [3.63, 3.8) is 0 Å². The van der Waals surface area contributed by atoms with Crippen LogP contribution in [0.25, 0.3) is 0 Å². The molecule has 0 radical (unpaired) electrons. The van der Waals surface area contributed by atoms with Crippen LogP contribution in [0.5, 0.6) is 0 Å². The molecule has 3 rings (SSSR count). The average Bonchev–Trinajstić information content (AvgIpc) is 2.78. The molecule has 4 nitrogen and oxygen atoms in total. The Kier molecular flexibility index (Phi) is 4.76. The summed E-state index contributed by atoms with van der Waals surface area (Å²) in [4.78, 5) is 26.2. The Morgan fingerprint density at radius 3 is 2.12 bits per heavy atom. The van der Waals surface area contributed by atoms with E-state index in [-0.39, 0.29) is 23.7 Å². The largest absolute Gasteiger partial charge is 0.381 e. The van der Waals surface area contributed by atoms with Crippen LogP contribution in [-0.2, 0) is 14.3 Å². The van der Waals surface area contributed by atoms with Gasteiger partial charge in [-0.3, -0.25) is 9.59 Å². The molecule has 2 aliphatic rings. The van der Waals surface area contributed by atoms with Crippen molar-refractivity contribution < 1.29 is 14.3 Å². The maximum absolute atomic E-state index is 13.4. The summed E-state index contributed by atoms with van der Waals surface area (Å²) < 4.78 is 5.44. The Morgan fingerprint density at radius 1 is 1.04 bits per heavy atom. The lowest BCUT2D eigenvalue weighted by atomic mass is 9.71. The van der Waals surface area contributed by atoms with Crippen molar-refractivity contribution in [1.29, 1.82) is 0 Å². The molecule has 2 fully saturated rings. The number of carbonyl (C=O) groups excluding carboxylic acids is 2. The number of hydrogen-bond acceptors (Lipinski definition) is 3. The summed E-state index contributed by atoms with van der Waals surface area (Å²) in [6.07, 6.45) is 4.02. The smallest absolute Gasteiger partial charge is 0.235 e. The van der Waals surface area contributed by atoms with Crippen LogP contribution < -0.4 is 5.32 Å². The lowest BCUT2D eigenvalue weighted by Crippen LogP contribution is -2.51. The van der Waals surface area contributed by atoms with Crippen molar-refractivity contribution in [1.82, 2.24) is 5.32 Å². The summed E-state index contributed by atoms with van der Waals surface area (Å²) in [5.41, 5.74) is 3.34. The number of Topliss-reactive ketones (excluding diaryl/α,β-unsaturated/α-hetero) is 1. The maximum Gasteiger partial charge on any atom is 0.235 e. The molecule has 1 amide bonds. The topological polar surface area (TPSA) is 55.4 Å². The van der Waals surface area contributed by atoms with Crippen LogP contribution in [-0.4, -0.2) is 30.4 Å². The molecule has 1 heterocycles. The highest BCUT2D eigenvalue weighted by Gasteiger charge is 2.54. The number of ketones is 1. The second kappa shape index (κ2) is 6.56. The molecule has 1 saturated carbocycles. The SMILES string of the molecule is COC1CCC(C2(C)NC(=O)C(c3c(C)cc(C)cc3C)C2=O)CC1. The van der Waals surface area contributed by atoms with Gasteiger partial charge in [0.15, 0.2) is 5.78 Å². The van der Waals surface area contributed by atoms with Gasteiger partial charge in [0.1, 0.15) is 5.92 Å². The van der Waals surface area contributed by atoms with Gasteiger partial charge in [0.05, 0.1) is 11.6 Å². The van der Waals surface area contributed by atoms with Crippen molar-refractivity contribution in [3.05, 3.63) is 34.4 Å². The number of hydrogen-bond donors (Lipinski definition) is 1. The molecule has 0 bridgehead atoms. The minimum Gasteiger partial charge on any atom is -0.381 e. The maximum atomic E-state index is 13.4. The summed E-state index contributed by atoms with van der Waals surface area (Å²) in [5, 5.41) is 3.07. The quantitative estimate of drug-likeness (QED) is 0.856. The number of methoxy groups -OCH3 is 1. The molecule has 136 valence electrons. The molecular weight excluding hydrogens is 314 g/mol. The first-order valence-electron chi connectivity index (χ1n) is 9.24. The Balaban J connectivity index is 1.91. The molecule has 4 heteroatoms. The summed E-state index contributed by atoms with van der Waals surface area (Å²) >= 11 is 0. The predicted octanol–water partition coefficient (Wildman–Crippen LogP) is 3.36. The first-order chi connectivity index (χ1) is 11.8. The van der Waals surface area contributed by atoms with E-state index in [1.807, 2.05) is 27.7 Å². The third-order valence-electron chi connectivity index (χ3n) is 6.27. The van der Waals surface area contributed by atoms with Gasteiger partial charge >= 0.3 is 0 Å². The molecule has 1 saturated heterocycles. The minimum atomic E-state index is -0.760. The van der Waals surface area contributed by atoms with E-state index in [0.29, 0.717) is 0 Å². The number of nitrogens with one attached hydrogen (secondary N) is 1. The third-order valence-corrected chi connectivity index (χ3v) is 6.27. The van der Waals surface area contributed by atoms with Gasteiger partial charge in [0, 0.05) is 7.11 Å². The molecule has 1 aromatic carbocycles. The molecule has 1 N–H and O–H groups in total. The van der Waals surface area contributed by atoms with Gasteiger partial charge in [-0.25, -0.2) is 0 Å². The van der Waals surface area contributed by atoms with Crippen molar-refractivity contribution in [2.24, 2.45) is 5.92 Å². The van der Waals surface area contributed by atoms with Gasteiger partial charge in [0.25, 0.3) is 0 Å². The zero-order valence-electron chi connectivity index (χ0n) is 15.9. The highest BCUT2D eigenvalue weighted by atomic mass is 16.5. The number of ether oxygens (including phenoxy) is 1. The van der Waals surface area contributed by atoms with E-state index in [1.54, 1.807) is 7.11 Å². The number of benzene rings is 1. The Labute approximate surface area is 150 Å². The van der Waals surface area contributed by atoms with E-state index < -0.39 is 11.5 Å². The number of rotatable bonds is 3. The van der Waals surface area contributed by atoms with Gasteiger partial charge in [-0.05, 0) is 76.0 Å². The third kappa shape index (κ3) is 3.01. The van der Waals surface area contributed by atoms with Crippen LogP contribution in [0.4, 0.5) is 0 Å². The zero-order chi connectivity index (χ0) is 18.4. The monoisotopic (exact) mass is 343 g/mol. The van der Waals surface area contributed by atoms with Crippen LogP contribution in [0.1, 0.15) is 60.8 Å². The summed E-state index contributed by atoms with van der Waals surface area (Å²) in [6.45, 7) is 7.95. The van der Waals surface area contributed by atoms with Crippen molar-refractivity contribution in [2.75, 3.05) is 7.11 Å². The normalized spacial score (nSPS) is 32.8. The number of carbonyl (C=O) groups is 2. The molecule has 0 spiro atoms. The molecule has 25 heavy (non-hydrogen) atoms. The molecule has 1 aliphatic heterocycles. The Bertz CT molecular complexity index is 680. The van der Waals surface area contributed by atoms with E-state index in [1.165, 1.54) is 0 Å². The van der Waals surface area contributed by atoms with Crippen LogP contribution in [0, 0.1) is 26.7 Å². The number of amides is 1. The summed E-state index contributed by atoms with van der Waals surface area (Å²) in [5.74, 6) is -0.595. The average molecular weight is 343 g/mol. The Morgan fingerprint density at radius 2 is 1.60 bits per heavy atom. The fraction of sp³-hybridized carbons (Fsp3) is 0.619. The minimum absolute atomic E-state index is 0.0356. The zero-order valence-corrected chi connectivity index (χ0v) is 15.9. The van der Waals surface area contributed by atoms with E-state index in [0.717, 1.165) is 47.9 Å². The van der Waals surface area contributed by atoms with Crippen LogP contribution in [0.3, 0.4) is 0 Å². The van der Waals surface area contributed by atoms with E-state index in [2.05, 4.69) is 17.4 Å². The van der Waals surface area contributed by atoms with Crippen LogP contribution in [0.2, 0.25) is 0 Å². The summed E-state index contributed by atoms with van der Waals surface area (Å²) in [6, 6.07) is 4.12. The lowest BCUT2D eigenvalue weighted by Gasteiger charge is -2.37. The van der Waals surface area contributed by atoms with Crippen molar-refractivity contribution >= 4 is 11.7 Å². The molecule has 2 unspecified atom stereocenters. The van der Waals surface area contributed by atoms with Gasteiger partial charge < -0.3 is 10.1 Å². The van der Waals surface area contributed by atoms with Gasteiger partial charge in [0.2, 0.25) is 5.91 Å². The van der Waals surface area contributed by atoms with Gasteiger partial charge in [-0.15, -0.1) is 0 Å². The van der Waals surface area contributed by atoms with Gasteiger partial charge in [-0.1, -0.05) is 17.7 Å². The highest BCUT2D eigenvalue weighted by molar-refractivity contribution is 6.17. The number of aryl methyl sites for hydroxylation is 3. The van der Waals surface area contributed by atoms with Gasteiger partial charge in [-0.2, -0.15) is 0 Å².